The highest BCUT2D eigenvalue weighted by Gasteiger charge is 2.16. The molecule has 3 heteroatoms. The summed E-state index contributed by atoms with van der Waals surface area (Å²) in [5.74, 6) is 2.07. The van der Waals surface area contributed by atoms with Crippen molar-refractivity contribution in [2.75, 3.05) is 12.9 Å². The first-order valence-electron chi connectivity index (χ1n) is 6.20. The molecule has 0 aliphatic carbocycles. The topological polar surface area (TPSA) is 35.2 Å². The zero-order valence-electron chi connectivity index (χ0n) is 11.0. The van der Waals surface area contributed by atoms with Crippen LogP contribution in [0.15, 0.2) is 24.3 Å². The van der Waals surface area contributed by atoms with Gasteiger partial charge in [-0.15, -0.1) is 0 Å². The predicted molar refractivity (Wildman–Crippen MR) is 76.8 cm³/mol. The van der Waals surface area contributed by atoms with Crippen LogP contribution < -0.4 is 10.5 Å². The molecule has 2 atom stereocenters. The molecule has 0 saturated heterocycles. The maximum absolute atomic E-state index is 6.07. The van der Waals surface area contributed by atoms with Crippen molar-refractivity contribution < 1.29 is 4.74 Å². The number of unbranched alkanes of at least 4 members (excludes halogenated alkanes) is 1. The monoisotopic (exact) mass is 253 g/mol. The molecule has 2 unspecified atom stereocenters. The van der Waals surface area contributed by atoms with E-state index in [0.717, 1.165) is 5.75 Å². The van der Waals surface area contributed by atoms with Crippen LogP contribution in [0.2, 0.25) is 0 Å². The Morgan fingerprint density at radius 3 is 2.41 bits per heavy atom. The van der Waals surface area contributed by atoms with Crippen molar-refractivity contribution in [2.24, 2.45) is 5.73 Å². The molecule has 0 spiro atoms. The lowest BCUT2D eigenvalue weighted by molar-refractivity contribution is 0.414. The van der Waals surface area contributed by atoms with Crippen LogP contribution in [0.4, 0.5) is 0 Å². The highest BCUT2D eigenvalue weighted by Crippen LogP contribution is 2.32. The van der Waals surface area contributed by atoms with Gasteiger partial charge in [0.05, 0.1) is 7.11 Å². The van der Waals surface area contributed by atoms with E-state index in [0.29, 0.717) is 5.25 Å². The van der Waals surface area contributed by atoms with Crippen LogP contribution in [-0.4, -0.2) is 18.9 Å². The van der Waals surface area contributed by atoms with Crippen molar-refractivity contribution in [1.82, 2.24) is 0 Å². The van der Waals surface area contributed by atoms with Crippen molar-refractivity contribution in [3.8, 4) is 5.75 Å². The summed E-state index contributed by atoms with van der Waals surface area (Å²) in [6, 6.07) is 8.42. The van der Waals surface area contributed by atoms with Gasteiger partial charge in [-0.05, 0) is 36.8 Å². The Hall–Kier alpha value is -0.670. The van der Waals surface area contributed by atoms with Crippen molar-refractivity contribution in [2.45, 2.75) is 38.0 Å². The van der Waals surface area contributed by atoms with E-state index in [-0.39, 0.29) is 6.04 Å². The number of hydrogen-bond donors (Lipinski definition) is 1. The van der Waals surface area contributed by atoms with Crippen LogP contribution in [0.1, 0.15) is 37.5 Å². The third kappa shape index (κ3) is 4.60. The van der Waals surface area contributed by atoms with Gasteiger partial charge in [0.15, 0.2) is 0 Å². The molecule has 17 heavy (non-hydrogen) atoms. The molecule has 0 fully saturated rings. The zero-order valence-corrected chi connectivity index (χ0v) is 11.8. The van der Waals surface area contributed by atoms with Crippen LogP contribution >= 0.6 is 11.8 Å². The summed E-state index contributed by atoms with van der Waals surface area (Å²) < 4.78 is 5.17. The number of ether oxygens (including phenoxy) is 1. The first kappa shape index (κ1) is 14.4. The largest absolute Gasteiger partial charge is 0.497 e. The van der Waals surface area contributed by atoms with Crippen LogP contribution in [0.25, 0.3) is 0 Å². The van der Waals surface area contributed by atoms with Crippen molar-refractivity contribution in [1.29, 1.82) is 0 Å². The number of benzene rings is 1. The zero-order chi connectivity index (χ0) is 12.7. The van der Waals surface area contributed by atoms with Gasteiger partial charge in [-0.3, -0.25) is 0 Å². The predicted octanol–water partition coefficient (Wildman–Crippen LogP) is 3.62. The summed E-state index contributed by atoms with van der Waals surface area (Å²) in [5.41, 5.74) is 7.36. The maximum Gasteiger partial charge on any atom is 0.118 e. The van der Waals surface area contributed by atoms with Crippen LogP contribution in [0, 0.1) is 0 Å². The van der Waals surface area contributed by atoms with E-state index in [9.17, 15) is 0 Å². The quantitative estimate of drug-likeness (QED) is 0.754. The fraction of sp³-hybridized carbons (Fsp3) is 0.571. The van der Waals surface area contributed by atoms with Gasteiger partial charge >= 0.3 is 0 Å². The summed E-state index contributed by atoms with van der Waals surface area (Å²) in [4.78, 5) is 0. The second-order valence-corrected chi connectivity index (χ2v) is 5.53. The van der Waals surface area contributed by atoms with E-state index in [1.54, 1.807) is 7.11 Å². The number of hydrogen-bond acceptors (Lipinski definition) is 3. The highest BCUT2D eigenvalue weighted by atomic mass is 32.2. The molecule has 2 nitrogen and oxygen atoms in total. The van der Waals surface area contributed by atoms with E-state index in [4.69, 9.17) is 10.5 Å². The molecule has 2 N–H and O–H groups in total. The average molecular weight is 253 g/mol. The second kappa shape index (κ2) is 7.62. The van der Waals surface area contributed by atoms with Crippen LogP contribution in [0.5, 0.6) is 5.75 Å². The smallest absolute Gasteiger partial charge is 0.118 e. The van der Waals surface area contributed by atoms with Gasteiger partial charge in [0.2, 0.25) is 0 Å². The number of rotatable bonds is 7. The lowest BCUT2D eigenvalue weighted by Crippen LogP contribution is -2.22. The fourth-order valence-electron chi connectivity index (χ4n) is 1.70. The van der Waals surface area contributed by atoms with Crippen LogP contribution in [-0.2, 0) is 0 Å². The Kier molecular flexibility index (Phi) is 6.45. The minimum Gasteiger partial charge on any atom is -0.497 e. The van der Waals surface area contributed by atoms with Crippen molar-refractivity contribution in [3.05, 3.63) is 29.8 Å². The average Bonchev–Trinajstić information content (AvgIpc) is 2.34. The summed E-state index contributed by atoms with van der Waals surface area (Å²) in [6.07, 6.45) is 2.49. The normalized spacial score (nSPS) is 14.4. The van der Waals surface area contributed by atoms with Gasteiger partial charge < -0.3 is 10.5 Å². The molecule has 0 heterocycles. The van der Waals surface area contributed by atoms with Gasteiger partial charge in [0.1, 0.15) is 5.75 Å². The number of methoxy groups -OCH3 is 1. The Morgan fingerprint density at radius 1 is 1.29 bits per heavy atom. The van der Waals surface area contributed by atoms with Gasteiger partial charge in [-0.1, -0.05) is 25.5 Å². The first-order valence-corrected chi connectivity index (χ1v) is 7.25. The van der Waals surface area contributed by atoms with Crippen molar-refractivity contribution >= 4 is 11.8 Å². The highest BCUT2D eigenvalue weighted by molar-refractivity contribution is 7.99. The molecular weight excluding hydrogens is 230 g/mol. The van der Waals surface area contributed by atoms with Gasteiger partial charge in [0, 0.05) is 11.3 Å². The van der Waals surface area contributed by atoms with Crippen molar-refractivity contribution in [3.63, 3.8) is 0 Å². The van der Waals surface area contributed by atoms with E-state index in [1.165, 1.54) is 24.2 Å². The first-order chi connectivity index (χ1) is 8.19. The molecule has 96 valence electrons. The van der Waals surface area contributed by atoms with Gasteiger partial charge in [-0.2, -0.15) is 11.8 Å². The standard InChI is InChI=1S/C14H23NOS/c1-4-5-10-17-14(11(2)15)12-6-8-13(16-3)9-7-12/h6-9,11,14H,4-5,10,15H2,1-3H3. The SMILES string of the molecule is CCCCSC(c1ccc(OC)cc1)C(C)N. The minimum atomic E-state index is 0.172. The van der Waals surface area contributed by atoms with E-state index >= 15 is 0 Å². The molecule has 0 aromatic heterocycles. The van der Waals surface area contributed by atoms with E-state index in [1.807, 2.05) is 23.9 Å². The minimum absolute atomic E-state index is 0.172. The Labute approximate surface area is 109 Å². The maximum atomic E-state index is 6.07. The molecule has 0 radical (unpaired) electrons. The van der Waals surface area contributed by atoms with Crippen LogP contribution in [0.3, 0.4) is 0 Å². The molecule has 0 saturated carbocycles. The third-order valence-corrected chi connectivity index (χ3v) is 4.30. The molecular formula is C14H23NOS. The Bertz CT molecular complexity index is 311. The molecule has 1 rings (SSSR count). The summed E-state index contributed by atoms with van der Waals surface area (Å²) in [5, 5.41) is 0.382. The molecule has 0 amide bonds. The third-order valence-electron chi connectivity index (χ3n) is 2.72. The lowest BCUT2D eigenvalue weighted by atomic mass is 10.1. The molecule has 0 bridgehead atoms. The molecule has 1 aromatic carbocycles. The summed E-state index contributed by atoms with van der Waals surface area (Å²) in [7, 11) is 1.69. The Morgan fingerprint density at radius 2 is 1.94 bits per heavy atom. The molecule has 1 aromatic rings. The molecule has 0 aliphatic heterocycles. The van der Waals surface area contributed by atoms with E-state index < -0.39 is 0 Å². The number of nitrogens with two attached hydrogens (primary N) is 1. The summed E-state index contributed by atoms with van der Waals surface area (Å²) >= 11 is 1.95. The summed E-state index contributed by atoms with van der Waals surface area (Å²) in [6.45, 7) is 4.29. The fourth-order valence-corrected chi connectivity index (χ4v) is 3.06. The second-order valence-electron chi connectivity index (χ2n) is 4.28. The van der Waals surface area contributed by atoms with Gasteiger partial charge in [-0.25, -0.2) is 0 Å². The van der Waals surface area contributed by atoms with E-state index in [2.05, 4.69) is 26.0 Å². The number of thioether (sulfide) groups is 1. The van der Waals surface area contributed by atoms with Gasteiger partial charge in [0.25, 0.3) is 0 Å². The molecule has 0 aliphatic rings. The lowest BCUT2D eigenvalue weighted by Gasteiger charge is -2.21. The Balaban J connectivity index is 2.68.